The molecule has 0 N–H and O–H groups in total. The average Bonchev–Trinajstić information content (AvgIpc) is 4.00. The lowest BCUT2D eigenvalue weighted by Crippen LogP contribution is -1.96. The van der Waals surface area contributed by atoms with Crippen molar-refractivity contribution in [1.82, 2.24) is 19.9 Å². The molecule has 4 nitrogen and oxygen atoms in total. The highest BCUT2D eigenvalue weighted by Gasteiger charge is 2.21. The highest BCUT2D eigenvalue weighted by atomic mass is 32.1. The van der Waals surface area contributed by atoms with Crippen molar-refractivity contribution in [3.63, 3.8) is 0 Å². The molecule has 0 fully saturated rings. The van der Waals surface area contributed by atoms with Crippen LogP contribution in [0.15, 0.2) is 231 Å². The number of rotatable bonds is 8. The fraction of sp³-hybridized carbons (Fsp3) is 0. The summed E-state index contributed by atoms with van der Waals surface area (Å²) in [5.41, 5.74) is 16.9. The maximum Gasteiger partial charge on any atom is 0.161 e. The molecule has 13 aromatic rings. The van der Waals surface area contributed by atoms with Crippen molar-refractivity contribution in [2.75, 3.05) is 0 Å². The Balaban J connectivity index is 0.930. The van der Waals surface area contributed by atoms with Gasteiger partial charge in [-0.05, 0) is 62.7 Å². The quantitative estimate of drug-likeness (QED) is 0.152. The van der Waals surface area contributed by atoms with Crippen molar-refractivity contribution < 1.29 is 0 Å². The summed E-state index contributed by atoms with van der Waals surface area (Å²) in [6.07, 6.45) is 0. The van der Waals surface area contributed by atoms with Crippen molar-refractivity contribution in [2.24, 2.45) is 0 Å². The van der Waals surface area contributed by atoms with Gasteiger partial charge in [-0.1, -0.05) is 212 Å². The van der Waals surface area contributed by atoms with Crippen LogP contribution in [0.5, 0.6) is 0 Å². The van der Waals surface area contributed by atoms with Crippen LogP contribution in [0.2, 0.25) is 0 Å². The van der Waals surface area contributed by atoms with Gasteiger partial charge in [-0.25, -0.2) is 19.9 Å². The highest BCUT2D eigenvalue weighted by Crippen LogP contribution is 2.44. The molecule has 4 heterocycles. The molecule has 9 aromatic carbocycles. The maximum atomic E-state index is 5.46. The van der Waals surface area contributed by atoms with Crippen molar-refractivity contribution in [2.45, 2.75) is 0 Å². The van der Waals surface area contributed by atoms with E-state index in [1.165, 1.54) is 31.7 Å². The highest BCUT2D eigenvalue weighted by molar-refractivity contribution is 7.26. The van der Waals surface area contributed by atoms with Gasteiger partial charge in [0.25, 0.3) is 0 Å². The first-order chi connectivity index (χ1) is 33.7. The van der Waals surface area contributed by atoms with Crippen molar-refractivity contribution in [3.8, 4) is 89.8 Å². The van der Waals surface area contributed by atoms with Crippen LogP contribution in [0.1, 0.15) is 0 Å². The van der Waals surface area contributed by atoms with E-state index in [0.717, 1.165) is 87.1 Å². The Morgan fingerprint density at radius 2 is 0.632 bits per heavy atom. The van der Waals surface area contributed by atoms with Crippen molar-refractivity contribution in [3.05, 3.63) is 231 Å². The monoisotopic (exact) mass is 902 g/mol. The molecule has 0 amide bonds. The number of fused-ring (bicyclic) bond motifs is 6. The third-order valence-electron chi connectivity index (χ3n) is 12.8. The Hall–Kier alpha value is -8.42. The minimum absolute atomic E-state index is 0.691. The zero-order chi connectivity index (χ0) is 45.0. The molecule has 0 unspecified atom stereocenters. The second-order valence-corrected chi connectivity index (χ2v) is 19.0. The summed E-state index contributed by atoms with van der Waals surface area (Å²) in [7, 11) is 0. The van der Waals surface area contributed by atoms with Crippen LogP contribution < -0.4 is 0 Å². The number of thiophene rings is 2. The summed E-state index contributed by atoms with van der Waals surface area (Å²) in [6.45, 7) is 0. The first-order valence-corrected chi connectivity index (χ1v) is 24.3. The standard InChI is InChI=1S/C62H38N4S2/c1-3-16-39(17-4-1)41-30-34-43(35-31-41)55-59-57(51-26-11-13-28-53(51)67-59)65-61(63-55)46-21-15-20-45(38-46)47-22-7-8-23-48(47)49-24-9-10-25-50(49)62-64-56(60-58(66-62)52-27-12-14-29-54(52)68-60)44-36-32-42(33-37-44)40-18-5-2-6-19-40/h1-38H. The Bertz CT molecular complexity index is 4010. The minimum atomic E-state index is 0.691. The Morgan fingerprint density at radius 3 is 1.19 bits per heavy atom. The van der Waals surface area contributed by atoms with E-state index in [4.69, 9.17) is 19.9 Å². The van der Waals surface area contributed by atoms with Crippen LogP contribution in [0.25, 0.3) is 130 Å². The molecule has 68 heavy (non-hydrogen) atoms. The van der Waals surface area contributed by atoms with Crippen LogP contribution in [0.3, 0.4) is 0 Å². The fourth-order valence-electron chi connectivity index (χ4n) is 9.43. The lowest BCUT2D eigenvalue weighted by Gasteiger charge is -2.15. The van der Waals surface area contributed by atoms with E-state index in [-0.39, 0.29) is 0 Å². The summed E-state index contributed by atoms with van der Waals surface area (Å²) < 4.78 is 4.56. The molecule has 0 aliphatic rings. The first kappa shape index (κ1) is 39.9. The van der Waals surface area contributed by atoms with Gasteiger partial charge in [0.05, 0.1) is 31.8 Å². The number of benzene rings is 9. The van der Waals surface area contributed by atoms with Crippen LogP contribution >= 0.6 is 22.7 Å². The number of aromatic nitrogens is 4. The fourth-order valence-corrected chi connectivity index (χ4v) is 11.7. The first-order valence-electron chi connectivity index (χ1n) is 22.7. The molecule has 318 valence electrons. The van der Waals surface area contributed by atoms with Crippen LogP contribution in [-0.4, -0.2) is 19.9 Å². The third-order valence-corrected chi connectivity index (χ3v) is 15.1. The molecule has 0 saturated heterocycles. The second-order valence-electron chi connectivity index (χ2n) is 16.9. The van der Waals surface area contributed by atoms with E-state index in [0.29, 0.717) is 11.6 Å². The predicted molar refractivity (Wildman–Crippen MR) is 287 cm³/mol. The van der Waals surface area contributed by atoms with Gasteiger partial charge in [0.1, 0.15) is 0 Å². The van der Waals surface area contributed by atoms with E-state index < -0.39 is 0 Å². The van der Waals surface area contributed by atoms with Crippen LogP contribution in [-0.2, 0) is 0 Å². The SMILES string of the molecule is c1ccc(-c2ccc(-c3nc(-c4cccc(-c5ccccc5-c5ccccc5-c5nc(-c6ccc(-c7ccccc7)cc6)c6sc7ccccc7c6n5)c4)nc4c3sc3ccccc34)cc2)cc1. The smallest absolute Gasteiger partial charge is 0.161 e. The molecule has 0 saturated carbocycles. The molecule has 0 aliphatic carbocycles. The Kier molecular flexibility index (Phi) is 9.85. The van der Waals surface area contributed by atoms with Crippen molar-refractivity contribution >= 4 is 63.3 Å². The lowest BCUT2D eigenvalue weighted by atomic mass is 9.91. The zero-order valence-electron chi connectivity index (χ0n) is 36.5. The van der Waals surface area contributed by atoms with Gasteiger partial charge in [-0.2, -0.15) is 0 Å². The summed E-state index contributed by atoms with van der Waals surface area (Å²) in [4.78, 5) is 21.6. The van der Waals surface area contributed by atoms with Crippen LogP contribution in [0.4, 0.5) is 0 Å². The average molecular weight is 903 g/mol. The maximum absolute atomic E-state index is 5.46. The largest absolute Gasteiger partial charge is 0.226 e. The molecule has 4 aromatic heterocycles. The molecule has 0 radical (unpaired) electrons. The van der Waals surface area contributed by atoms with Gasteiger partial charge >= 0.3 is 0 Å². The zero-order valence-corrected chi connectivity index (χ0v) is 38.2. The van der Waals surface area contributed by atoms with Crippen molar-refractivity contribution in [1.29, 1.82) is 0 Å². The van der Waals surface area contributed by atoms with E-state index in [1.54, 1.807) is 22.7 Å². The van der Waals surface area contributed by atoms with E-state index in [9.17, 15) is 0 Å². The summed E-state index contributed by atoms with van der Waals surface area (Å²) in [6, 6.07) is 81.5. The van der Waals surface area contributed by atoms with Gasteiger partial charge in [0.15, 0.2) is 11.6 Å². The molecule has 0 bridgehead atoms. The molecular formula is C62H38N4S2. The summed E-state index contributed by atoms with van der Waals surface area (Å²) >= 11 is 3.51. The molecule has 6 heteroatoms. The van der Waals surface area contributed by atoms with E-state index in [1.807, 2.05) is 0 Å². The van der Waals surface area contributed by atoms with Gasteiger partial charge in [-0.15, -0.1) is 22.7 Å². The second kappa shape index (κ2) is 16.8. The molecule has 13 rings (SSSR count). The van der Waals surface area contributed by atoms with Gasteiger partial charge < -0.3 is 0 Å². The van der Waals surface area contributed by atoms with E-state index >= 15 is 0 Å². The molecule has 0 spiro atoms. The van der Waals surface area contributed by atoms with Gasteiger partial charge in [-0.3, -0.25) is 0 Å². The predicted octanol–water partition coefficient (Wildman–Crippen LogP) is 17.3. The summed E-state index contributed by atoms with van der Waals surface area (Å²) in [5.74, 6) is 1.38. The minimum Gasteiger partial charge on any atom is -0.226 e. The Labute approximate surface area is 401 Å². The lowest BCUT2D eigenvalue weighted by molar-refractivity contribution is 1.24. The third kappa shape index (κ3) is 7.06. The molecule has 0 atom stereocenters. The normalized spacial score (nSPS) is 11.5. The van der Waals surface area contributed by atoms with E-state index in [2.05, 4.69) is 231 Å². The number of hydrogen-bond acceptors (Lipinski definition) is 6. The topological polar surface area (TPSA) is 51.6 Å². The van der Waals surface area contributed by atoms with Crippen LogP contribution in [0, 0.1) is 0 Å². The Morgan fingerprint density at radius 1 is 0.250 bits per heavy atom. The number of hydrogen-bond donors (Lipinski definition) is 0. The van der Waals surface area contributed by atoms with Gasteiger partial charge in [0, 0.05) is 42.4 Å². The van der Waals surface area contributed by atoms with Gasteiger partial charge in [0.2, 0.25) is 0 Å². The number of nitrogens with zero attached hydrogens (tertiary/aromatic N) is 4. The summed E-state index contributed by atoms with van der Waals surface area (Å²) in [5, 5.41) is 2.27. The molecule has 0 aliphatic heterocycles. The molecular weight excluding hydrogens is 865 g/mol.